The second-order valence-corrected chi connectivity index (χ2v) is 14.7. The summed E-state index contributed by atoms with van der Waals surface area (Å²) >= 11 is 0. The maximum atomic E-state index is 12.1. The Morgan fingerprint density at radius 1 is 0.688 bits per heavy atom. The lowest BCUT2D eigenvalue weighted by Gasteiger charge is -2.34. The molecule has 2 aliphatic rings. The number of nitrogen functional groups attached to an aromatic ring is 1. The highest BCUT2D eigenvalue weighted by atomic mass is 16.6. The van der Waals surface area contributed by atoms with Gasteiger partial charge in [-0.25, -0.2) is 9.59 Å². The van der Waals surface area contributed by atoms with Gasteiger partial charge in [0.15, 0.2) is 0 Å². The van der Waals surface area contributed by atoms with Crippen molar-refractivity contribution in [1.29, 1.82) is 0 Å². The van der Waals surface area contributed by atoms with Crippen molar-refractivity contribution in [2.45, 2.75) is 118 Å². The number of nitrogens with zero attached hydrogens (tertiary/aromatic N) is 3. The Morgan fingerprint density at radius 3 is 1.29 bits per heavy atom. The zero-order valence-corrected chi connectivity index (χ0v) is 30.3. The number of ether oxygens (including phenoxy) is 4. The van der Waals surface area contributed by atoms with E-state index >= 15 is 0 Å². The number of hydrogen-bond acceptors (Lipinski definition) is 9. The van der Waals surface area contributed by atoms with Crippen LogP contribution >= 0.6 is 0 Å². The molecule has 0 spiro atoms. The number of non-ortho nitro benzene ring substituents is 1. The molecule has 0 bridgehead atoms. The number of nitro benzene ring substituents is 1. The van der Waals surface area contributed by atoms with Crippen molar-refractivity contribution in [1.82, 2.24) is 9.80 Å². The molecule has 0 atom stereocenters. The Kier molecular flexibility index (Phi) is 12.6. The minimum absolute atomic E-state index is 0.0162. The van der Waals surface area contributed by atoms with Crippen LogP contribution < -0.4 is 15.2 Å². The Morgan fingerprint density at radius 2 is 1.00 bits per heavy atom. The highest BCUT2D eigenvalue weighted by molar-refractivity contribution is 5.68. The predicted molar refractivity (Wildman–Crippen MR) is 186 cm³/mol. The largest absolute Gasteiger partial charge is 0.490 e. The number of carbonyl (C=O) groups is 2. The number of benzene rings is 2. The molecule has 0 saturated carbocycles. The van der Waals surface area contributed by atoms with Crippen molar-refractivity contribution in [3.8, 4) is 11.5 Å². The SMILES string of the molecule is Cc1cc(N)cc(C)c1OC1CCN(C(=O)OC(C)(C)C)CC1.Cc1cc([N+](=O)[O-])cc(C)c1OC1CCN(C(=O)OC(C)(C)C)CC1. The van der Waals surface area contributed by atoms with Crippen LogP contribution in [0.2, 0.25) is 0 Å². The molecule has 2 aliphatic heterocycles. The van der Waals surface area contributed by atoms with Crippen LogP contribution in [0, 0.1) is 37.8 Å². The maximum Gasteiger partial charge on any atom is 0.410 e. The first kappa shape index (κ1) is 38.2. The number of likely N-dealkylation sites (tertiary alicyclic amines) is 2. The van der Waals surface area contributed by atoms with Crippen LogP contribution in [0.4, 0.5) is 21.0 Å². The molecule has 2 aromatic rings. The minimum Gasteiger partial charge on any atom is -0.490 e. The molecule has 4 rings (SSSR count). The van der Waals surface area contributed by atoms with Gasteiger partial charge in [0.2, 0.25) is 0 Å². The number of rotatable bonds is 5. The van der Waals surface area contributed by atoms with Gasteiger partial charge < -0.3 is 34.5 Å². The monoisotopic (exact) mass is 670 g/mol. The average Bonchev–Trinajstić information content (AvgIpc) is 2.96. The van der Waals surface area contributed by atoms with E-state index in [-0.39, 0.29) is 30.1 Å². The zero-order chi connectivity index (χ0) is 36.0. The minimum atomic E-state index is -0.503. The van der Waals surface area contributed by atoms with Crippen LogP contribution in [0.3, 0.4) is 0 Å². The van der Waals surface area contributed by atoms with Crippen molar-refractivity contribution in [3.63, 3.8) is 0 Å². The molecule has 2 amide bonds. The van der Waals surface area contributed by atoms with Crippen LogP contribution in [0.25, 0.3) is 0 Å². The van der Waals surface area contributed by atoms with Crippen LogP contribution in [-0.4, -0.2) is 76.5 Å². The third-order valence-electron chi connectivity index (χ3n) is 7.89. The molecule has 2 aromatic carbocycles. The average molecular weight is 671 g/mol. The van der Waals surface area contributed by atoms with Gasteiger partial charge in [0, 0.05) is 69.7 Å². The van der Waals surface area contributed by atoms with Gasteiger partial charge in [-0.3, -0.25) is 10.1 Å². The Hall–Kier alpha value is -4.22. The fourth-order valence-electron chi connectivity index (χ4n) is 5.69. The highest BCUT2D eigenvalue weighted by Crippen LogP contribution is 2.31. The lowest BCUT2D eigenvalue weighted by molar-refractivity contribution is -0.385. The Bertz CT molecular complexity index is 1400. The summed E-state index contributed by atoms with van der Waals surface area (Å²) in [4.78, 5) is 38.1. The lowest BCUT2D eigenvalue weighted by Crippen LogP contribution is -2.44. The number of aryl methyl sites for hydroxylation is 4. The normalized spacial score (nSPS) is 16.0. The van der Waals surface area contributed by atoms with Gasteiger partial charge in [-0.2, -0.15) is 0 Å². The summed E-state index contributed by atoms with van der Waals surface area (Å²) in [5.74, 6) is 1.61. The molecule has 12 heteroatoms. The molecule has 0 unspecified atom stereocenters. The van der Waals surface area contributed by atoms with Gasteiger partial charge in [0.05, 0.1) is 4.92 Å². The van der Waals surface area contributed by atoms with E-state index in [1.54, 1.807) is 9.80 Å². The molecule has 0 radical (unpaired) electrons. The van der Waals surface area contributed by atoms with Crippen LogP contribution in [-0.2, 0) is 9.47 Å². The highest BCUT2D eigenvalue weighted by Gasteiger charge is 2.30. The quantitative estimate of drug-likeness (QED) is 0.192. The van der Waals surface area contributed by atoms with Gasteiger partial charge in [0.1, 0.15) is 34.9 Å². The van der Waals surface area contributed by atoms with Crippen LogP contribution in [0.5, 0.6) is 11.5 Å². The van der Waals surface area contributed by atoms with Crippen molar-refractivity contribution in [2.75, 3.05) is 31.9 Å². The van der Waals surface area contributed by atoms with Gasteiger partial charge in [-0.15, -0.1) is 0 Å². The smallest absolute Gasteiger partial charge is 0.410 e. The summed E-state index contributed by atoms with van der Waals surface area (Å²) < 4.78 is 23.0. The Labute approximate surface area is 285 Å². The fraction of sp³-hybridized carbons (Fsp3) is 0.611. The number of nitro groups is 1. The predicted octanol–water partition coefficient (Wildman–Crippen LogP) is 7.65. The summed E-state index contributed by atoms with van der Waals surface area (Å²) in [5.41, 5.74) is 9.33. The summed E-state index contributed by atoms with van der Waals surface area (Å²) in [6.07, 6.45) is 2.59. The van der Waals surface area contributed by atoms with Crippen molar-refractivity contribution >= 4 is 23.6 Å². The molecule has 2 N–H and O–H groups in total. The number of anilines is 1. The first-order valence-corrected chi connectivity index (χ1v) is 16.6. The fourth-order valence-corrected chi connectivity index (χ4v) is 5.69. The van der Waals surface area contributed by atoms with E-state index in [1.165, 1.54) is 12.1 Å². The topological polar surface area (TPSA) is 147 Å². The van der Waals surface area contributed by atoms with E-state index in [4.69, 9.17) is 24.7 Å². The van der Waals surface area contributed by atoms with Crippen molar-refractivity contribution in [2.24, 2.45) is 0 Å². The molecular weight excluding hydrogens is 616 g/mol. The lowest BCUT2D eigenvalue weighted by atomic mass is 10.1. The molecule has 12 nitrogen and oxygen atoms in total. The molecule has 2 saturated heterocycles. The third-order valence-corrected chi connectivity index (χ3v) is 7.89. The van der Waals surface area contributed by atoms with Crippen molar-refractivity contribution < 1.29 is 33.5 Å². The number of nitrogens with two attached hydrogens (primary N) is 1. The maximum absolute atomic E-state index is 12.1. The zero-order valence-electron chi connectivity index (χ0n) is 30.3. The number of hydrogen-bond donors (Lipinski definition) is 1. The van der Waals surface area contributed by atoms with E-state index in [1.807, 2.05) is 81.4 Å². The van der Waals surface area contributed by atoms with E-state index in [9.17, 15) is 19.7 Å². The van der Waals surface area contributed by atoms with Gasteiger partial charge in [-0.1, -0.05) is 0 Å². The Balaban J connectivity index is 0.000000261. The second-order valence-electron chi connectivity index (χ2n) is 14.7. The molecule has 2 fully saturated rings. The molecule has 266 valence electrons. The molecule has 48 heavy (non-hydrogen) atoms. The molecule has 2 heterocycles. The summed E-state index contributed by atoms with van der Waals surface area (Å²) in [7, 11) is 0. The number of piperidine rings is 2. The van der Waals surface area contributed by atoms with E-state index < -0.39 is 16.1 Å². The van der Waals surface area contributed by atoms with Crippen LogP contribution in [0.1, 0.15) is 89.5 Å². The van der Waals surface area contributed by atoms with Gasteiger partial charge >= 0.3 is 12.2 Å². The van der Waals surface area contributed by atoms with Crippen LogP contribution in [0.15, 0.2) is 24.3 Å². The number of amides is 2. The van der Waals surface area contributed by atoms with Gasteiger partial charge in [-0.05, 0) is 104 Å². The van der Waals surface area contributed by atoms with E-state index in [0.29, 0.717) is 44.8 Å². The van der Waals surface area contributed by atoms with Gasteiger partial charge in [0.25, 0.3) is 5.69 Å². The molecule has 0 aromatic heterocycles. The summed E-state index contributed by atoms with van der Waals surface area (Å²) in [5, 5.41) is 10.9. The first-order valence-electron chi connectivity index (χ1n) is 16.6. The standard InChI is InChI=1S/C18H26N2O5.C18H28N2O3/c1-12-10-14(20(22)23)11-13(2)16(12)24-15-6-8-19(9-7-15)17(21)25-18(3,4)5;1-12-10-14(19)11-13(2)16(12)22-15-6-8-20(9-7-15)17(21)23-18(3,4)5/h10-11,15H,6-9H2,1-5H3;10-11,15H,6-9,19H2,1-5H3. The second kappa shape index (κ2) is 15.8. The third kappa shape index (κ3) is 11.5. The summed E-state index contributed by atoms with van der Waals surface area (Å²) in [6.45, 7) is 21.3. The van der Waals surface area contributed by atoms with E-state index in [0.717, 1.165) is 46.5 Å². The summed E-state index contributed by atoms with van der Waals surface area (Å²) in [6, 6.07) is 6.91. The first-order chi connectivity index (χ1) is 22.2. The molecular formula is C36H54N4O8. The van der Waals surface area contributed by atoms with Crippen molar-refractivity contribution in [3.05, 3.63) is 56.6 Å². The van der Waals surface area contributed by atoms with E-state index in [2.05, 4.69) is 0 Å². The molecule has 0 aliphatic carbocycles. The number of carbonyl (C=O) groups excluding carboxylic acids is 2.